The average Bonchev–Trinajstić information content (AvgIpc) is 2.75. The molecule has 3 unspecified atom stereocenters. The Bertz CT molecular complexity index is 397. The van der Waals surface area contributed by atoms with Gasteiger partial charge < -0.3 is 9.47 Å². The maximum Gasteiger partial charge on any atom is 0.123 e. The number of methoxy groups -OCH3 is 1. The van der Waals surface area contributed by atoms with E-state index >= 15 is 0 Å². The van der Waals surface area contributed by atoms with Crippen LogP contribution in [0.2, 0.25) is 0 Å². The topological polar surface area (TPSA) is 18.5 Å². The van der Waals surface area contributed by atoms with Gasteiger partial charge in [0.2, 0.25) is 0 Å². The van der Waals surface area contributed by atoms with E-state index in [1.165, 1.54) is 12.1 Å². The molecule has 0 spiro atoms. The van der Waals surface area contributed by atoms with Gasteiger partial charge in [-0.2, -0.15) is 0 Å². The lowest BCUT2D eigenvalue weighted by molar-refractivity contribution is 0.119. The van der Waals surface area contributed by atoms with Crippen molar-refractivity contribution in [2.45, 2.75) is 24.8 Å². The van der Waals surface area contributed by atoms with Gasteiger partial charge in [0.15, 0.2) is 0 Å². The van der Waals surface area contributed by atoms with E-state index < -0.39 is 0 Å². The van der Waals surface area contributed by atoms with Gasteiger partial charge in [0.05, 0.1) is 25.2 Å². The fourth-order valence-corrected chi connectivity index (χ4v) is 2.58. The SMILES string of the molecule is COc1ccc(F)cc1C(Cl)C1COC(C)C1. The Labute approximate surface area is 106 Å². The Balaban J connectivity index is 2.23. The third kappa shape index (κ3) is 2.72. The smallest absolute Gasteiger partial charge is 0.123 e. The highest BCUT2D eigenvalue weighted by Gasteiger charge is 2.31. The average molecular weight is 259 g/mol. The second kappa shape index (κ2) is 5.23. The number of benzene rings is 1. The molecule has 0 bridgehead atoms. The van der Waals surface area contributed by atoms with Gasteiger partial charge in [0.1, 0.15) is 11.6 Å². The van der Waals surface area contributed by atoms with Crippen molar-refractivity contribution in [1.82, 2.24) is 0 Å². The van der Waals surface area contributed by atoms with E-state index in [4.69, 9.17) is 21.1 Å². The van der Waals surface area contributed by atoms with Crippen molar-refractivity contribution in [2.24, 2.45) is 5.92 Å². The molecule has 1 fully saturated rings. The van der Waals surface area contributed by atoms with Gasteiger partial charge in [-0.05, 0) is 31.5 Å². The van der Waals surface area contributed by atoms with Crippen LogP contribution in [-0.4, -0.2) is 19.8 Å². The van der Waals surface area contributed by atoms with E-state index in [9.17, 15) is 4.39 Å². The summed E-state index contributed by atoms with van der Waals surface area (Å²) in [4.78, 5) is 0. The van der Waals surface area contributed by atoms with Crippen molar-refractivity contribution < 1.29 is 13.9 Å². The van der Waals surface area contributed by atoms with Gasteiger partial charge in [0, 0.05) is 11.5 Å². The van der Waals surface area contributed by atoms with Crippen molar-refractivity contribution in [3.05, 3.63) is 29.6 Å². The van der Waals surface area contributed by atoms with Gasteiger partial charge >= 0.3 is 0 Å². The van der Waals surface area contributed by atoms with Gasteiger partial charge in [-0.15, -0.1) is 11.6 Å². The molecule has 1 aliphatic rings. The molecule has 0 aromatic heterocycles. The lowest BCUT2D eigenvalue weighted by atomic mass is 9.95. The summed E-state index contributed by atoms with van der Waals surface area (Å²) in [5.74, 6) is 0.548. The zero-order valence-corrected chi connectivity index (χ0v) is 10.7. The molecule has 1 aromatic carbocycles. The second-order valence-corrected chi connectivity index (χ2v) is 4.90. The minimum atomic E-state index is -0.293. The number of rotatable bonds is 3. The maximum atomic E-state index is 13.3. The zero-order valence-electron chi connectivity index (χ0n) is 9.95. The number of halogens is 2. The van der Waals surface area contributed by atoms with Crippen LogP contribution in [0, 0.1) is 11.7 Å². The molecule has 0 radical (unpaired) electrons. The van der Waals surface area contributed by atoms with Crippen molar-refractivity contribution >= 4 is 11.6 Å². The van der Waals surface area contributed by atoms with Crippen LogP contribution in [-0.2, 0) is 4.74 Å². The predicted octanol–water partition coefficient (Wildman–Crippen LogP) is 3.54. The number of alkyl halides is 1. The summed E-state index contributed by atoms with van der Waals surface area (Å²) in [5.41, 5.74) is 0.705. The van der Waals surface area contributed by atoms with E-state index in [2.05, 4.69) is 0 Å². The van der Waals surface area contributed by atoms with Crippen molar-refractivity contribution in [1.29, 1.82) is 0 Å². The van der Waals surface area contributed by atoms with Crippen LogP contribution < -0.4 is 4.74 Å². The molecule has 94 valence electrons. The molecule has 0 aliphatic carbocycles. The monoisotopic (exact) mass is 258 g/mol. The molecule has 2 nitrogen and oxygen atoms in total. The van der Waals surface area contributed by atoms with Gasteiger partial charge in [-0.25, -0.2) is 4.39 Å². The highest BCUT2D eigenvalue weighted by molar-refractivity contribution is 6.21. The largest absolute Gasteiger partial charge is 0.496 e. The summed E-state index contributed by atoms with van der Waals surface area (Å²) in [5, 5.41) is -0.273. The fraction of sp³-hybridized carbons (Fsp3) is 0.538. The van der Waals surface area contributed by atoms with Gasteiger partial charge in [-0.1, -0.05) is 0 Å². The Morgan fingerprint density at radius 2 is 2.29 bits per heavy atom. The molecule has 1 aromatic rings. The highest BCUT2D eigenvalue weighted by atomic mass is 35.5. The first-order valence-corrected chi connectivity index (χ1v) is 6.14. The van der Waals surface area contributed by atoms with E-state index in [0.717, 1.165) is 6.42 Å². The first kappa shape index (κ1) is 12.7. The Hall–Kier alpha value is -0.800. The summed E-state index contributed by atoms with van der Waals surface area (Å²) in [6.07, 6.45) is 1.12. The molecule has 1 aliphatic heterocycles. The lowest BCUT2D eigenvalue weighted by Gasteiger charge is -2.18. The van der Waals surface area contributed by atoms with E-state index in [-0.39, 0.29) is 23.2 Å². The molecule has 1 saturated heterocycles. The van der Waals surface area contributed by atoms with Crippen molar-refractivity contribution in [3.8, 4) is 5.75 Å². The number of hydrogen-bond acceptors (Lipinski definition) is 2. The molecule has 1 heterocycles. The van der Waals surface area contributed by atoms with Crippen LogP contribution in [0.15, 0.2) is 18.2 Å². The Kier molecular flexibility index (Phi) is 3.89. The predicted molar refractivity (Wildman–Crippen MR) is 65.1 cm³/mol. The zero-order chi connectivity index (χ0) is 12.4. The summed E-state index contributed by atoms with van der Waals surface area (Å²) < 4.78 is 24.0. The number of hydrogen-bond donors (Lipinski definition) is 0. The van der Waals surface area contributed by atoms with Crippen molar-refractivity contribution in [3.63, 3.8) is 0 Å². The van der Waals surface area contributed by atoms with Crippen LogP contribution >= 0.6 is 11.6 Å². The minimum Gasteiger partial charge on any atom is -0.496 e. The first-order valence-electron chi connectivity index (χ1n) is 5.71. The maximum absolute atomic E-state index is 13.3. The van der Waals surface area contributed by atoms with Crippen LogP contribution in [0.25, 0.3) is 0 Å². The fourth-order valence-electron chi connectivity index (χ4n) is 2.23. The first-order chi connectivity index (χ1) is 8.11. The molecule has 0 N–H and O–H groups in total. The third-order valence-corrected chi connectivity index (χ3v) is 3.72. The Morgan fingerprint density at radius 3 is 2.88 bits per heavy atom. The second-order valence-electron chi connectivity index (χ2n) is 4.43. The molecule has 3 atom stereocenters. The highest BCUT2D eigenvalue weighted by Crippen LogP contribution is 2.40. The molecule has 0 amide bonds. The summed E-state index contributed by atoms with van der Waals surface area (Å²) in [7, 11) is 1.56. The van der Waals surface area contributed by atoms with Crippen LogP contribution in [0.4, 0.5) is 4.39 Å². The van der Waals surface area contributed by atoms with E-state index in [1.807, 2.05) is 6.92 Å². The van der Waals surface area contributed by atoms with E-state index in [1.54, 1.807) is 13.2 Å². The minimum absolute atomic E-state index is 0.211. The molecular formula is C13H16ClFO2. The molecule has 2 rings (SSSR count). The molecule has 4 heteroatoms. The molecule has 0 saturated carbocycles. The standard InChI is InChI=1S/C13H16ClFO2/c1-8-5-9(7-17-8)13(14)11-6-10(15)3-4-12(11)16-2/h3-4,6,8-9,13H,5,7H2,1-2H3. The Morgan fingerprint density at radius 1 is 1.53 bits per heavy atom. The lowest BCUT2D eigenvalue weighted by Crippen LogP contribution is -2.09. The molecule has 17 heavy (non-hydrogen) atoms. The van der Waals surface area contributed by atoms with Crippen LogP contribution in [0.5, 0.6) is 5.75 Å². The van der Waals surface area contributed by atoms with Gasteiger partial charge in [-0.3, -0.25) is 0 Å². The summed E-state index contributed by atoms with van der Waals surface area (Å²) >= 11 is 6.41. The van der Waals surface area contributed by atoms with Gasteiger partial charge in [0.25, 0.3) is 0 Å². The van der Waals surface area contributed by atoms with Crippen LogP contribution in [0.1, 0.15) is 24.3 Å². The normalized spacial score (nSPS) is 25.9. The third-order valence-electron chi connectivity index (χ3n) is 3.13. The number of ether oxygens (including phenoxy) is 2. The van der Waals surface area contributed by atoms with Crippen molar-refractivity contribution in [2.75, 3.05) is 13.7 Å². The van der Waals surface area contributed by atoms with E-state index in [0.29, 0.717) is 17.9 Å². The summed E-state index contributed by atoms with van der Waals surface area (Å²) in [6, 6.07) is 4.43. The quantitative estimate of drug-likeness (QED) is 0.772. The molecular weight excluding hydrogens is 243 g/mol. The summed E-state index contributed by atoms with van der Waals surface area (Å²) in [6.45, 7) is 2.64. The van der Waals surface area contributed by atoms with Crippen LogP contribution in [0.3, 0.4) is 0 Å².